The van der Waals surface area contributed by atoms with Gasteiger partial charge in [-0.25, -0.2) is 4.99 Å². The summed E-state index contributed by atoms with van der Waals surface area (Å²) in [5.41, 5.74) is 2.68. The SMILES string of the molecule is C=C/C=C\C(=C)Oc1ccccc1C(C/C=C\C)N(C)C(=NC(=N)c1ccc2ccccc2c1)c1ccc2ccccc2c1. The Balaban J connectivity index is 1.62. The van der Waals surface area contributed by atoms with Crippen LogP contribution in [0.3, 0.4) is 0 Å². The zero-order chi connectivity index (χ0) is 30.9. The lowest BCUT2D eigenvalue weighted by atomic mass is 9.99. The Bertz CT molecular complexity index is 1910. The van der Waals surface area contributed by atoms with E-state index in [-0.39, 0.29) is 11.9 Å². The number of benzene rings is 5. The molecular weight excluding hydrogens is 538 g/mol. The van der Waals surface area contributed by atoms with Crippen molar-refractivity contribution in [2.45, 2.75) is 19.4 Å². The number of amidine groups is 2. The van der Waals surface area contributed by atoms with Crippen LogP contribution in [-0.2, 0) is 0 Å². The fourth-order valence-corrected chi connectivity index (χ4v) is 5.29. The highest BCUT2D eigenvalue weighted by Gasteiger charge is 2.25. The van der Waals surface area contributed by atoms with Gasteiger partial charge in [0, 0.05) is 23.7 Å². The summed E-state index contributed by atoms with van der Waals surface area (Å²) in [7, 11) is 2.04. The summed E-state index contributed by atoms with van der Waals surface area (Å²) in [5.74, 6) is 2.13. The van der Waals surface area contributed by atoms with E-state index in [0.29, 0.717) is 18.0 Å². The number of allylic oxidation sites excluding steroid dienone is 4. The number of nitrogens with one attached hydrogen (secondary N) is 1. The molecule has 0 amide bonds. The Labute approximate surface area is 260 Å². The first kappa shape index (κ1) is 30.0. The lowest BCUT2D eigenvalue weighted by molar-refractivity contribution is 0.358. The summed E-state index contributed by atoms with van der Waals surface area (Å²) < 4.78 is 6.23. The molecule has 5 rings (SSSR count). The molecule has 0 saturated carbocycles. The fourth-order valence-electron chi connectivity index (χ4n) is 5.29. The van der Waals surface area contributed by atoms with Gasteiger partial charge in [0.15, 0.2) is 5.84 Å². The molecule has 0 fully saturated rings. The number of aliphatic imine (C=N–C) groups is 1. The predicted molar refractivity (Wildman–Crippen MR) is 187 cm³/mol. The van der Waals surface area contributed by atoms with E-state index in [2.05, 4.69) is 78.7 Å². The molecule has 0 aromatic heterocycles. The van der Waals surface area contributed by atoms with Crippen molar-refractivity contribution in [3.05, 3.63) is 175 Å². The van der Waals surface area contributed by atoms with Gasteiger partial charge in [0.05, 0.1) is 6.04 Å². The molecule has 44 heavy (non-hydrogen) atoms. The van der Waals surface area contributed by atoms with E-state index < -0.39 is 0 Å². The Morgan fingerprint density at radius 3 is 2.09 bits per heavy atom. The molecule has 1 unspecified atom stereocenters. The van der Waals surface area contributed by atoms with E-state index in [1.807, 2.05) is 74.6 Å². The minimum Gasteiger partial charge on any atom is -0.458 e. The molecule has 1 N–H and O–H groups in total. The van der Waals surface area contributed by atoms with Gasteiger partial charge in [0.25, 0.3) is 0 Å². The zero-order valence-corrected chi connectivity index (χ0v) is 25.3. The Hall–Kier alpha value is -5.48. The molecule has 218 valence electrons. The standard InChI is InChI=1S/C40H37N3O/c1-5-7-15-29(3)44-38-22-14-13-20-36(38)37(21-8-6-2)43(4)40(35-26-24-31-17-10-12-19-33(31)28-35)42-39(41)34-25-23-30-16-9-11-18-32(30)27-34/h5-20,22-28,37,41H,1,3,21H2,2,4H3/b8-6-,15-7-,41-39?,42-40?. The number of nitrogens with zero attached hydrogens (tertiary/aromatic N) is 2. The summed E-state index contributed by atoms with van der Waals surface area (Å²) in [6.45, 7) is 9.83. The van der Waals surface area contributed by atoms with Crippen LogP contribution in [0.4, 0.5) is 0 Å². The smallest absolute Gasteiger partial charge is 0.154 e. The second-order valence-electron chi connectivity index (χ2n) is 10.5. The van der Waals surface area contributed by atoms with Crippen molar-refractivity contribution < 1.29 is 4.74 Å². The van der Waals surface area contributed by atoms with E-state index in [0.717, 1.165) is 44.0 Å². The number of hydrogen-bond acceptors (Lipinski definition) is 2. The van der Waals surface area contributed by atoms with Crippen LogP contribution in [0, 0.1) is 5.41 Å². The normalized spacial score (nSPS) is 12.5. The Morgan fingerprint density at radius 2 is 1.43 bits per heavy atom. The monoisotopic (exact) mass is 575 g/mol. The molecule has 4 heteroatoms. The van der Waals surface area contributed by atoms with Crippen molar-refractivity contribution in [2.75, 3.05) is 7.05 Å². The molecule has 0 aliphatic carbocycles. The van der Waals surface area contributed by atoms with Crippen molar-refractivity contribution in [2.24, 2.45) is 4.99 Å². The highest BCUT2D eigenvalue weighted by molar-refractivity contribution is 6.12. The first-order valence-electron chi connectivity index (χ1n) is 14.7. The largest absolute Gasteiger partial charge is 0.458 e. The average Bonchev–Trinajstić information content (AvgIpc) is 3.06. The Morgan fingerprint density at radius 1 is 0.841 bits per heavy atom. The molecule has 0 heterocycles. The molecule has 0 spiro atoms. The molecule has 5 aromatic rings. The van der Waals surface area contributed by atoms with Gasteiger partial charge in [-0.05, 0) is 59.2 Å². The van der Waals surface area contributed by atoms with Gasteiger partial charge in [0.2, 0.25) is 0 Å². The van der Waals surface area contributed by atoms with Gasteiger partial charge >= 0.3 is 0 Å². The molecule has 1 atom stereocenters. The minimum atomic E-state index is -0.145. The van der Waals surface area contributed by atoms with Gasteiger partial charge in [-0.15, -0.1) is 0 Å². The molecule has 4 nitrogen and oxygen atoms in total. The van der Waals surface area contributed by atoms with E-state index in [4.69, 9.17) is 15.1 Å². The minimum absolute atomic E-state index is 0.145. The van der Waals surface area contributed by atoms with Crippen molar-refractivity contribution >= 4 is 33.2 Å². The second-order valence-corrected chi connectivity index (χ2v) is 10.5. The lowest BCUT2D eigenvalue weighted by Crippen LogP contribution is -2.33. The highest BCUT2D eigenvalue weighted by atomic mass is 16.5. The van der Waals surface area contributed by atoms with Crippen molar-refractivity contribution in [1.29, 1.82) is 5.41 Å². The fraction of sp³-hybridized carbons (Fsp3) is 0.100. The molecule has 0 saturated heterocycles. The number of fused-ring (bicyclic) bond motifs is 2. The van der Waals surface area contributed by atoms with Crippen LogP contribution in [0.25, 0.3) is 21.5 Å². The zero-order valence-electron chi connectivity index (χ0n) is 25.3. The summed E-state index contributed by atoms with van der Waals surface area (Å²) in [6, 6.07) is 36.7. The maximum atomic E-state index is 9.14. The predicted octanol–water partition coefficient (Wildman–Crippen LogP) is 10.0. The molecule has 0 aliphatic heterocycles. The van der Waals surface area contributed by atoms with E-state index >= 15 is 0 Å². The van der Waals surface area contributed by atoms with Crippen LogP contribution >= 0.6 is 0 Å². The van der Waals surface area contributed by atoms with Crippen LogP contribution in [0.5, 0.6) is 5.75 Å². The quantitative estimate of drug-likeness (QED) is 0.0592. The molecule has 0 bridgehead atoms. The van der Waals surface area contributed by atoms with Gasteiger partial charge in [-0.3, -0.25) is 5.41 Å². The first-order chi connectivity index (χ1) is 21.5. The molecular formula is C40H37N3O. The number of hydrogen-bond donors (Lipinski definition) is 1. The van der Waals surface area contributed by atoms with Crippen LogP contribution in [0.1, 0.15) is 36.1 Å². The van der Waals surface area contributed by atoms with E-state index in [9.17, 15) is 0 Å². The highest BCUT2D eigenvalue weighted by Crippen LogP contribution is 2.34. The summed E-state index contributed by atoms with van der Waals surface area (Å²) in [6.07, 6.45) is 10.2. The summed E-state index contributed by atoms with van der Waals surface area (Å²) in [5, 5.41) is 13.6. The van der Waals surface area contributed by atoms with Crippen molar-refractivity contribution in [1.82, 2.24) is 4.90 Å². The third-order valence-electron chi connectivity index (χ3n) is 7.58. The van der Waals surface area contributed by atoms with Crippen LogP contribution in [0.2, 0.25) is 0 Å². The van der Waals surface area contributed by atoms with Gasteiger partial charge in [-0.2, -0.15) is 0 Å². The molecule has 5 aromatic carbocycles. The first-order valence-corrected chi connectivity index (χ1v) is 14.7. The maximum Gasteiger partial charge on any atom is 0.154 e. The Kier molecular flexibility index (Phi) is 9.63. The van der Waals surface area contributed by atoms with Crippen molar-refractivity contribution in [3.63, 3.8) is 0 Å². The topological polar surface area (TPSA) is 48.7 Å². The number of para-hydroxylation sites is 1. The number of rotatable bonds is 10. The second kappa shape index (κ2) is 14.1. The van der Waals surface area contributed by atoms with E-state index in [1.165, 1.54) is 0 Å². The van der Waals surface area contributed by atoms with Gasteiger partial charge in [0.1, 0.15) is 17.3 Å². The maximum absolute atomic E-state index is 9.14. The van der Waals surface area contributed by atoms with Gasteiger partial charge < -0.3 is 9.64 Å². The van der Waals surface area contributed by atoms with Crippen molar-refractivity contribution in [3.8, 4) is 5.75 Å². The van der Waals surface area contributed by atoms with E-state index in [1.54, 1.807) is 18.2 Å². The average molecular weight is 576 g/mol. The summed E-state index contributed by atoms with van der Waals surface area (Å²) >= 11 is 0. The molecule has 0 radical (unpaired) electrons. The molecule has 0 aliphatic rings. The van der Waals surface area contributed by atoms with Crippen LogP contribution in [0.15, 0.2) is 163 Å². The third kappa shape index (κ3) is 6.93. The van der Waals surface area contributed by atoms with Crippen LogP contribution in [-0.4, -0.2) is 23.6 Å². The third-order valence-corrected chi connectivity index (χ3v) is 7.58. The van der Waals surface area contributed by atoms with Gasteiger partial charge in [-0.1, -0.05) is 128 Å². The number of ether oxygens (including phenoxy) is 1. The van der Waals surface area contributed by atoms with Crippen LogP contribution < -0.4 is 4.74 Å². The summed E-state index contributed by atoms with van der Waals surface area (Å²) in [4.78, 5) is 7.19. The lowest BCUT2D eigenvalue weighted by Gasteiger charge is -2.32.